The fourth-order valence-electron chi connectivity index (χ4n) is 6.14. The summed E-state index contributed by atoms with van der Waals surface area (Å²) < 4.78 is 35.3. The van der Waals surface area contributed by atoms with E-state index < -0.39 is 17.2 Å². The van der Waals surface area contributed by atoms with Gasteiger partial charge in [-0.1, -0.05) is 66.7 Å². The van der Waals surface area contributed by atoms with Gasteiger partial charge in [0.15, 0.2) is 5.65 Å². The van der Waals surface area contributed by atoms with E-state index in [9.17, 15) is 13.6 Å². The average Bonchev–Trinajstić information content (AvgIpc) is 3.42. The molecule has 0 saturated heterocycles. The highest BCUT2D eigenvalue weighted by Crippen LogP contribution is 2.43. The Bertz CT molecular complexity index is 2060. The predicted molar refractivity (Wildman–Crippen MR) is 180 cm³/mol. The Kier molecular flexibility index (Phi) is 7.59. The van der Waals surface area contributed by atoms with Gasteiger partial charge in [0.2, 0.25) is 0 Å². The number of fused-ring (bicyclic) bond motifs is 1. The molecule has 1 N–H and O–H groups in total. The van der Waals surface area contributed by atoms with Crippen LogP contribution in [0.15, 0.2) is 109 Å². The van der Waals surface area contributed by atoms with Crippen LogP contribution in [-0.4, -0.2) is 26.3 Å². The minimum absolute atomic E-state index is 0.336. The molecule has 1 saturated carbocycles. The summed E-state index contributed by atoms with van der Waals surface area (Å²) >= 11 is 0. The van der Waals surface area contributed by atoms with Crippen molar-refractivity contribution < 1.29 is 18.3 Å². The molecule has 0 bridgehead atoms. The number of halogens is 2. The van der Waals surface area contributed by atoms with Crippen molar-refractivity contribution >= 4 is 11.7 Å². The van der Waals surface area contributed by atoms with Gasteiger partial charge in [0.1, 0.15) is 22.9 Å². The second-order valence-electron chi connectivity index (χ2n) is 13.0. The van der Waals surface area contributed by atoms with Crippen molar-refractivity contribution in [3.8, 4) is 44.9 Å². The fraction of sp³-hybridized carbons (Fsp3) is 0.205. The third kappa shape index (κ3) is 5.99. The van der Waals surface area contributed by atoms with Gasteiger partial charge in [-0.3, -0.25) is 0 Å². The number of nitrogens with zero attached hydrogens (tertiary/aromatic N) is 3. The van der Waals surface area contributed by atoms with Crippen molar-refractivity contribution in [3.05, 3.63) is 126 Å². The van der Waals surface area contributed by atoms with E-state index in [1.54, 1.807) is 24.3 Å². The molecule has 0 spiro atoms. The third-order valence-electron chi connectivity index (χ3n) is 8.58. The standard InChI is InChI=1S/C39H34F2N4O2/c1-38(2,3)47-37(46)43-39(22-7-23-39)29-16-10-27(11-17-29)34-35(28-8-5-4-6-9-28)45-36(42-34)32(25-12-18-30(40)19-13-25)24-33(44-45)26-14-20-31(41)21-15-26/h4-6,8-21,24H,7,22-23H2,1-3H3,(H,43,46). The zero-order chi connectivity index (χ0) is 32.8. The van der Waals surface area contributed by atoms with E-state index in [2.05, 4.69) is 5.32 Å². The van der Waals surface area contributed by atoms with E-state index in [1.807, 2.05) is 86.0 Å². The molecule has 8 heteroatoms. The largest absolute Gasteiger partial charge is 0.444 e. The number of hydrogen-bond acceptors (Lipinski definition) is 4. The summed E-state index contributed by atoms with van der Waals surface area (Å²) in [4.78, 5) is 17.9. The van der Waals surface area contributed by atoms with Crippen LogP contribution in [0.25, 0.3) is 50.5 Å². The summed E-state index contributed by atoms with van der Waals surface area (Å²) in [7, 11) is 0. The molecule has 236 valence electrons. The maximum absolute atomic E-state index is 14.0. The molecule has 0 radical (unpaired) electrons. The topological polar surface area (TPSA) is 68.5 Å². The Morgan fingerprint density at radius 3 is 1.96 bits per heavy atom. The molecular weight excluding hydrogens is 594 g/mol. The van der Waals surface area contributed by atoms with Crippen LogP contribution in [0.3, 0.4) is 0 Å². The van der Waals surface area contributed by atoms with Crippen molar-refractivity contribution in [1.82, 2.24) is 19.9 Å². The number of benzene rings is 4. The van der Waals surface area contributed by atoms with Crippen LogP contribution >= 0.6 is 0 Å². The third-order valence-corrected chi connectivity index (χ3v) is 8.58. The van der Waals surface area contributed by atoms with Crippen LogP contribution < -0.4 is 5.32 Å². The molecule has 7 rings (SSSR count). The van der Waals surface area contributed by atoms with E-state index in [-0.39, 0.29) is 11.6 Å². The Morgan fingerprint density at radius 1 is 0.787 bits per heavy atom. The summed E-state index contributed by atoms with van der Waals surface area (Å²) in [5, 5.41) is 8.17. The molecule has 6 aromatic rings. The number of carbonyl (C=O) groups excluding carboxylic acids is 1. The number of alkyl carbamates (subject to hydrolysis) is 1. The van der Waals surface area contributed by atoms with Gasteiger partial charge in [0.25, 0.3) is 0 Å². The summed E-state index contributed by atoms with van der Waals surface area (Å²) in [6.07, 6.45) is 2.24. The summed E-state index contributed by atoms with van der Waals surface area (Å²) in [5.74, 6) is -0.672. The Labute approximate surface area is 272 Å². The Balaban J connectivity index is 1.39. The van der Waals surface area contributed by atoms with Gasteiger partial charge in [-0.25, -0.2) is 23.1 Å². The van der Waals surface area contributed by atoms with E-state index in [4.69, 9.17) is 14.8 Å². The van der Waals surface area contributed by atoms with Crippen LogP contribution in [0, 0.1) is 11.6 Å². The zero-order valence-electron chi connectivity index (χ0n) is 26.4. The van der Waals surface area contributed by atoms with E-state index in [1.165, 1.54) is 24.3 Å². The predicted octanol–water partition coefficient (Wildman–Crippen LogP) is 9.58. The normalized spacial score (nSPS) is 14.1. The summed E-state index contributed by atoms with van der Waals surface area (Å²) in [5.41, 5.74) is 6.71. The van der Waals surface area contributed by atoms with E-state index >= 15 is 0 Å². The lowest BCUT2D eigenvalue weighted by atomic mass is 9.71. The molecule has 47 heavy (non-hydrogen) atoms. The second-order valence-corrected chi connectivity index (χ2v) is 13.0. The average molecular weight is 629 g/mol. The number of nitrogens with one attached hydrogen (secondary N) is 1. The van der Waals surface area contributed by atoms with Crippen molar-refractivity contribution in [1.29, 1.82) is 0 Å². The molecule has 6 nitrogen and oxygen atoms in total. The van der Waals surface area contributed by atoms with Crippen molar-refractivity contribution in [3.63, 3.8) is 0 Å². The highest BCUT2D eigenvalue weighted by molar-refractivity contribution is 5.88. The molecule has 4 aromatic carbocycles. The van der Waals surface area contributed by atoms with Gasteiger partial charge in [-0.05, 0) is 93.6 Å². The van der Waals surface area contributed by atoms with Gasteiger partial charge in [-0.2, -0.15) is 5.10 Å². The first-order valence-corrected chi connectivity index (χ1v) is 15.7. The second kappa shape index (κ2) is 11.8. The minimum atomic E-state index is -0.590. The summed E-state index contributed by atoms with van der Waals surface area (Å²) in [6.45, 7) is 5.56. The van der Waals surface area contributed by atoms with Gasteiger partial charge in [-0.15, -0.1) is 0 Å². The van der Waals surface area contributed by atoms with Crippen LogP contribution in [0.5, 0.6) is 0 Å². The lowest BCUT2D eigenvalue weighted by molar-refractivity contribution is 0.0377. The fourth-order valence-corrected chi connectivity index (χ4v) is 6.14. The van der Waals surface area contributed by atoms with Crippen LogP contribution in [-0.2, 0) is 10.3 Å². The van der Waals surface area contributed by atoms with Gasteiger partial charge in [0, 0.05) is 22.3 Å². The Morgan fingerprint density at radius 2 is 1.38 bits per heavy atom. The highest BCUT2D eigenvalue weighted by Gasteiger charge is 2.41. The molecule has 0 unspecified atom stereocenters. The zero-order valence-corrected chi connectivity index (χ0v) is 26.4. The van der Waals surface area contributed by atoms with Gasteiger partial charge in [0.05, 0.1) is 16.9 Å². The lowest BCUT2D eigenvalue weighted by Gasteiger charge is -2.43. The van der Waals surface area contributed by atoms with Gasteiger partial charge < -0.3 is 10.1 Å². The first-order valence-electron chi connectivity index (χ1n) is 15.7. The molecule has 1 amide bonds. The molecular formula is C39H34F2N4O2. The number of rotatable bonds is 6. The molecule has 2 aromatic heterocycles. The van der Waals surface area contributed by atoms with Crippen molar-refractivity contribution in [2.45, 2.75) is 51.2 Å². The van der Waals surface area contributed by atoms with Crippen LogP contribution in [0.4, 0.5) is 13.6 Å². The first kappa shape index (κ1) is 30.3. The molecule has 2 heterocycles. The minimum Gasteiger partial charge on any atom is -0.444 e. The van der Waals surface area contributed by atoms with Crippen molar-refractivity contribution in [2.75, 3.05) is 0 Å². The maximum atomic E-state index is 14.0. The number of aromatic nitrogens is 3. The number of hydrogen-bond donors (Lipinski definition) is 1. The smallest absolute Gasteiger partial charge is 0.408 e. The molecule has 0 atom stereocenters. The SMILES string of the molecule is CC(C)(C)OC(=O)NC1(c2ccc(-c3nc4c(-c5ccc(F)cc5)cc(-c5ccc(F)cc5)nn4c3-c3ccccc3)cc2)CCC1. The van der Waals surface area contributed by atoms with Crippen LogP contribution in [0.2, 0.25) is 0 Å². The van der Waals surface area contributed by atoms with Crippen molar-refractivity contribution in [2.24, 2.45) is 0 Å². The molecule has 0 aliphatic heterocycles. The molecule has 1 aliphatic rings. The lowest BCUT2D eigenvalue weighted by Crippen LogP contribution is -2.52. The quantitative estimate of drug-likeness (QED) is 0.199. The monoisotopic (exact) mass is 628 g/mol. The van der Waals surface area contributed by atoms with E-state index in [0.717, 1.165) is 64.0 Å². The first-order chi connectivity index (χ1) is 22.6. The molecule has 1 aliphatic carbocycles. The molecule has 1 fully saturated rings. The number of imidazole rings is 1. The van der Waals surface area contributed by atoms with Gasteiger partial charge >= 0.3 is 6.09 Å². The Hall–Kier alpha value is -5.37. The maximum Gasteiger partial charge on any atom is 0.408 e. The van der Waals surface area contributed by atoms with Crippen LogP contribution in [0.1, 0.15) is 45.6 Å². The summed E-state index contributed by atoms with van der Waals surface area (Å²) in [6, 6.07) is 32.5. The highest BCUT2D eigenvalue weighted by atomic mass is 19.1. The number of carbonyl (C=O) groups is 1. The van der Waals surface area contributed by atoms with E-state index in [0.29, 0.717) is 11.3 Å². The number of ether oxygens (including phenoxy) is 1. The number of amides is 1.